The van der Waals surface area contributed by atoms with Gasteiger partial charge in [-0.25, -0.2) is 4.79 Å². The average Bonchev–Trinajstić information content (AvgIpc) is 2.61. The van der Waals surface area contributed by atoms with Crippen molar-refractivity contribution in [2.24, 2.45) is 0 Å². The van der Waals surface area contributed by atoms with Crippen LogP contribution in [-0.4, -0.2) is 41.7 Å². The SMILES string of the molecule is CC(O)CCC1(NC(=O)OC(C)(C)C)CCOC1. The molecule has 106 valence electrons. The van der Waals surface area contributed by atoms with Gasteiger partial charge < -0.3 is 19.9 Å². The summed E-state index contributed by atoms with van der Waals surface area (Å²) in [5, 5.41) is 12.3. The van der Waals surface area contributed by atoms with Crippen molar-refractivity contribution in [3.8, 4) is 0 Å². The first-order valence-corrected chi connectivity index (χ1v) is 6.49. The molecule has 0 aliphatic carbocycles. The van der Waals surface area contributed by atoms with Crippen molar-refractivity contribution in [2.45, 2.75) is 64.2 Å². The molecule has 1 saturated heterocycles. The second kappa shape index (κ2) is 5.89. The van der Waals surface area contributed by atoms with Crippen molar-refractivity contribution in [1.82, 2.24) is 5.32 Å². The van der Waals surface area contributed by atoms with Crippen LogP contribution >= 0.6 is 0 Å². The summed E-state index contributed by atoms with van der Waals surface area (Å²) < 4.78 is 10.6. The first-order valence-electron chi connectivity index (χ1n) is 6.49. The predicted octanol–water partition coefficient (Wildman–Crippen LogP) is 1.83. The number of hydrogen-bond donors (Lipinski definition) is 2. The van der Waals surface area contributed by atoms with Crippen LogP contribution in [0.5, 0.6) is 0 Å². The molecule has 1 fully saturated rings. The molecule has 1 aliphatic heterocycles. The monoisotopic (exact) mass is 259 g/mol. The topological polar surface area (TPSA) is 67.8 Å². The highest BCUT2D eigenvalue weighted by Crippen LogP contribution is 2.25. The molecule has 1 amide bonds. The molecule has 2 N–H and O–H groups in total. The van der Waals surface area contributed by atoms with Crippen LogP contribution in [-0.2, 0) is 9.47 Å². The Hall–Kier alpha value is -0.810. The summed E-state index contributed by atoms with van der Waals surface area (Å²) in [7, 11) is 0. The van der Waals surface area contributed by atoms with E-state index in [1.54, 1.807) is 6.92 Å². The lowest BCUT2D eigenvalue weighted by Crippen LogP contribution is -2.51. The molecule has 0 aromatic rings. The molecule has 1 rings (SSSR count). The fourth-order valence-electron chi connectivity index (χ4n) is 1.97. The van der Waals surface area contributed by atoms with Gasteiger partial charge in [0.15, 0.2) is 0 Å². The molecular weight excluding hydrogens is 234 g/mol. The van der Waals surface area contributed by atoms with Crippen LogP contribution in [0.3, 0.4) is 0 Å². The summed E-state index contributed by atoms with van der Waals surface area (Å²) in [4.78, 5) is 11.8. The van der Waals surface area contributed by atoms with Crippen molar-refractivity contribution < 1.29 is 19.4 Å². The Kier molecular flexibility index (Phi) is 4.99. The molecule has 2 unspecified atom stereocenters. The minimum atomic E-state index is -0.505. The van der Waals surface area contributed by atoms with Crippen molar-refractivity contribution in [3.05, 3.63) is 0 Å². The lowest BCUT2D eigenvalue weighted by molar-refractivity contribution is 0.0418. The number of amides is 1. The highest BCUT2D eigenvalue weighted by molar-refractivity contribution is 5.68. The minimum absolute atomic E-state index is 0.372. The number of hydrogen-bond acceptors (Lipinski definition) is 4. The van der Waals surface area contributed by atoms with Crippen molar-refractivity contribution in [3.63, 3.8) is 0 Å². The van der Waals surface area contributed by atoms with Crippen LogP contribution in [0.25, 0.3) is 0 Å². The third-order valence-electron chi connectivity index (χ3n) is 2.91. The highest BCUT2D eigenvalue weighted by atomic mass is 16.6. The van der Waals surface area contributed by atoms with E-state index in [0.29, 0.717) is 26.1 Å². The highest BCUT2D eigenvalue weighted by Gasteiger charge is 2.37. The van der Waals surface area contributed by atoms with Crippen LogP contribution in [0.4, 0.5) is 4.79 Å². The van der Waals surface area contributed by atoms with Gasteiger partial charge in [-0.2, -0.15) is 0 Å². The molecule has 0 radical (unpaired) electrons. The molecule has 0 aromatic carbocycles. The molecule has 0 saturated carbocycles. The molecule has 0 aromatic heterocycles. The Morgan fingerprint density at radius 1 is 1.56 bits per heavy atom. The van der Waals surface area contributed by atoms with Gasteiger partial charge in [0.1, 0.15) is 5.60 Å². The first-order chi connectivity index (χ1) is 8.22. The third kappa shape index (κ3) is 5.23. The summed E-state index contributed by atoms with van der Waals surface area (Å²) >= 11 is 0. The van der Waals surface area contributed by atoms with Gasteiger partial charge in [-0.1, -0.05) is 0 Å². The van der Waals surface area contributed by atoms with Crippen LogP contribution in [0.15, 0.2) is 0 Å². The van der Waals surface area contributed by atoms with Crippen molar-refractivity contribution >= 4 is 6.09 Å². The molecular formula is C13H25NO4. The number of aliphatic hydroxyl groups is 1. The maximum atomic E-state index is 11.8. The van der Waals surface area contributed by atoms with Gasteiger partial charge in [-0.3, -0.25) is 0 Å². The van der Waals surface area contributed by atoms with Crippen LogP contribution in [0, 0.1) is 0 Å². The number of carbonyl (C=O) groups is 1. The smallest absolute Gasteiger partial charge is 0.408 e. The number of aliphatic hydroxyl groups excluding tert-OH is 1. The summed E-state index contributed by atoms with van der Waals surface area (Å²) in [6.07, 6.45) is 1.31. The number of rotatable bonds is 4. The van der Waals surface area contributed by atoms with E-state index in [9.17, 15) is 9.90 Å². The van der Waals surface area contributed by atoms with Gasteiger partial charge in [0.25, 0.3) is 0 Å². The van der Waals surface area contributed by atoms with Crippen LogP contribution in [0.2, 0.25) is 0 Å². The average molecular weight is 259 g/mol. The second-order valence-electron chi connectivity index (χ2n) is 6.10. The summed E-state index contributed by atoms with van der Waals surface area (Å²) in [5.74, 6) is 0. The van der Waals surface area contributed by atoms with Crippen molar-refractivity contribution in [1.29, 1.82) is 0 Å². The predicted molar refractivity (Wildman–Crippen MR) is 68.5 cm³/mol. The lowest BCUT2D eigenvalue weighted by Gasteiger charge is -2.31. The normalized spacial score (nSPS) is 25.8. The minimum Gasteiger partial charge on any atom is -0.444 e. The maximum Gasteiger partial charge on any atom is 0.408 e. The standard InChI is InChI=1S/C13H25NO4/c1-10(15)5-6-13(7-8-17-9-13)14-11(16)18-12(2,3)4/h10,15H,5-9H2,1-4H3,(H,14,16). The largest absolute Gasteiger partial charge is 0.444 e. The van der Waals surface area contributed by atoms with E-state index in [2.05, 4.69) is 5.32 Å². The Balaban J connectivity index is 2.54. The molecule has 2 atom stereocenters. The summed E-state index contributed by atoms with van der Waals surface area (Å²) in [6.45, 7) is 8.37. The zero-order valence-electron chi connectivity index (χ0n) is 11.8. The van der Waals surface area contributed by atoms with Gasteiger partial charge in [0, 0.05) is 6.61 Å². The molecule has 1 aliphatic rings. The number of ether oxygens (including phenoxy) is 2. The molecule has 0 bridgehead atoms. The summed E-state index contributed by atoms with van der Waals surface area (Å²) in [6, 6.07) is 0. The van der Waals surface area contributed by atoms with Gasteiger partial charge in [0.2, 0.25) is 0 Å². The van der Waals surface area contributed by atoms with Gasteiger partial charge >= 0.3 is 6.09 Å². The van der Waals surface area contributed by atoms with E-state index in [4.69, 9.17) is 9.47 Å². The molecule has 5 heteroatoms. The quantitative estimate of drug-likeness (QED) is 0.808. The lowest BCUT2D eigenvalue weighted by atomic mass is 9.91. The van der Waals surface area contributed by atoms with E-state index in [0.717, 1.165) is 6.42 Å². The van der Waals surface area contributed by atoms with E-state index in [1.165, 1.54) is 0 Å². The first kappa shape index (κ1) is 15.2. The van der Waals surface area contributed by atoms with Crippen molar-refractivity contribution in [2.75, 3.05) is 13.2 Å². The number of alkyl carbamates (subject to hydrolysis) is 1. The zero-order valence-corrected chi connectivity index (χ0v) is 11.8. The number of nitrogens with one attached hydrogen (secondary N) is 1. The van der Waals surface area contributed by atoms with Gasteiger partial charge in [-0.05, 0) is 47.0 Å². The zero-order chi connectivity index (χ0) is 13.8. The molecule has 1 heterocycles. The fraction of sp³-hybridized carbons (Fsp3) is 0.923. The fourth-order valence-corrected chi connectivity index (χ4v) is 1.97. The molecule has 18 heavy (non-hydrogen) atoms. The Labute approximate surface area is 109 Å². The maximum absolute atomic E-state index is 11.8. The Bertz CT molecular complexity index is 277. The van der Waals surface area contributed by atoms with E-state index in [1.807, 2.05) is 20.8 Å². The van der Waals surface area contributed by atoms with Gasteiger partial charge in [-0.15, -0.1) is 0 Å². The summed E-state index contributed by atoms with van der Waals surface area (Å²) in [5.41, 5.74) is -0.895. The van der Waals surface area contributed by atoms with E-state index in [-0.39, 0.29) is 11.6 Å². The number of carbonyl (C=O) groups excluding carboxylic acids is 1. The third-order valence-corrected chi connectivity index (χ3v) is 2.91. The Morgan fingerprint density at radius 2 is 2.22 bits per heavy atom. The Morgan fingerprint density at radius 3 is 2.67 bits per heavy atom. The van der Waals surface area contributed by atoms with Gasteiger partial charge in [0.05, 0.1) is 18.2 Å². The molecule has 0 spiro atoms. The van der Waals surface area contributed by atoms with E-state index >= 15 is 0 Å². The van der Waals surface area contributed by atoms with Crippen LogP contribution < -0.4 is 5.32 Å². The molecule has 5 nitrogen and oxygen atoms in total. The van der Waals surface area contributed by atoms with Crippen LogP contribution in [0.1, 0.15) is 47.0 Å². The second-order valence-corrected chi connectivity index (χ2v) is 6.10. The van der Waals surface area contributed by atoms with E-state index < -0.39 is 11.7 Å².